The van der Waals surface area contributed by atoms with E-state index >= 15 is 0 Å². The molecule has 0 fully saturated rings. The van der Waals surface area contributed by atoms with E-state index in [-0.39, 0.29) is 18.5 Å². The predicted molar refractivity (Wildman–Crippen MR) is 260 cm³/mol. The van der Waals surface area contributed by atoms with Crippen molar-refractivity contribution in [1.82, 2.24) is 5.32 Å². The summed E-state index contributed by atoms with van der Waals surface area (Å²) in [5, 5.41) is 23.2. The van der Waals surface area contributed by atoms with Crippen LogP contribution in [-0.2, 0) is 14.3 Å². The number of aliphatic hydroxyl groups is 2. The summed E-state index contributed by atoms with van der Waals surface area (Å²) >= 11 is 0. The quantitative estimate of drug-likeness (QED) is 0.0322. The number of esters is 1. The van der Waals surface area contributed by atoms with Crippen molar-refractivity contribution < 1.29 is 24.5 Å². The molecule has 0 saturated carbocycles. The maximum Gasteiger partial charge on any atom is 0.305 e. The van der Waals surface area contributed by atoms with Crippen LogP contribution in [0.15, 0.2) is 12.2 Å². The third-order valence-electron chi connectivity index (χ3n) is 12.6. The minimum Gasteiger partial charge on any atom is -0.466 e. The van der Waals surface area contributed by atoms with Gasteiger partial charge in [0.1, 0.15) is 0 Å². The number of allylic oxidation sites excluding steroid dienone is 2. The van der Waals surface area contributed by atoms with Gasteiger partial charge in [0.15, 0.2) is 0 Å². The molecule has 3 N–H and O–H groups in total. The van der Waals surface area contributed by atoms with E-state index in [9.17, 15) is 19.8 Å². The topological polar surface area (TPSA) is 95.9 Å². The molecule has 6 heteroatoms. The molecule has 60 heavy (non-hydrogen) atoms. The minimum atomic E-state index is -0.673. The second kappa shape index (κ2) is 50.2. The van der Waals surface area contributed by atoms with Crippen LogP contribution in [0.4, 0.5) is 0 Å². The van der Waals surface area contributed by atoms with Crippen molar-refractivity contribution >= 4 is 11.9 Å². The lowest BCUT2D eigenvalue weighted by Gasteiger charge is -2.22. The van der Waals surface area contributed by atoms with Gasteiger partial charge in [0, 0.05) is 12.8 Å². The molecule has 1 amide bonds. The highest BCUT2D eigenvalue weighted by atomic mass is 16.5. The highest BCUT2D eigenvalue weighted by Gasteiger charge is 2.20. The van der Waals surface area contributed by atoms with E-state index in [1.807, 2.05) is 0 Å². The van der Waals surface area contributed by atoms with Crippen LogP contribution in [0.25, 0.3) is 0 Å². The maximum absolute atomic E-state index is 12.4. The van der Waals surface area contributed by atoms with Gasteiger partial charge in [-0.15, -0.1) is 0 Å². The van der Waals surface area contributed by atoms with Crippen molar-refractivity contribution in [1.29, 1.82) is 0 Å². The third-order valence-corrected chi connectivity index (χ3v) is 12.6. The van der Waals surface area contributed by atoms with Gasteiger partial charge in [-0.3, -0.25) is 9.59 Å². The van der Waals surface area contributed by atoms with Crippen molar-refractivity contribution in [2.75, 3.05) is 13.2 Å². The molecular weight excluding hydrogens is 743 g/mol. The number of aliphatic hydroxyl groups excluding tert-OH is 2. The Kier molecular flexibility index (Phi) is 49.1. The van der Waals surface area contributed by atoms with E-state index in [4.69, 9.17) is 4.74 Å². The molecule has 6 nitrogen and oxygen atoms in total. The Labute approximate surface area is 374 Å². The van der Waals surface area contributed by atoms with Gasteiger partial charge < -0.3 is 20.3 Å². The normalized spacial score (nSPS) is 12.7. The first-order chi connectivity index (χ1) is 29.5. The summed E-state index contributed by atoms with van der Waals surface area (Å²) in [5.74, 6) is -0.0517. The Balaban J connectivity index is 3.45. The minimum absolute atomic E-state index is 0.000355. The summed E-state index contributed by atoms with van der Waals surface area (Å²) in [5.41, 5.74) is 0. The number of carbonyl (C=O) groups is 2. The van der Waals surface area contributed by atoms with Gasteiger partial charge in [0.05, 0.1) is 25.4 Å². The molecule has 2 atom stereocenters. The SMILES string of the molecule is CCCCCCCCCCCCCCCCC(=O)OCCCCCCCCC/C=C\CCCCCCCC(=O)NC(CO)C(O)CCCCCCCCCCCCCCC. The first kappa shape index (κ1) is 58.6. The fourth-order valence-corrected chi connectivity index (χ4v) is 8.40. The summed E-state index contributed by atoms with van der Waals surface area (Å²) in [6, 6.07) is -0.552. The van der Waals surface area contributed by atoms with Crippen LogP contribution in [0.1, 0.15) is 296 Å². The molecule has 356 valence electrons. The fraction of sp³-hybridized carbons (Fsp3) is 0.926. The number of hydrogen-bond acceptors (Lipinski definition) is 5. The lowest BCUT2D eigenvalue weighted by molar-refractivity contribution is -0.143. The molecule has 0 rings (SSSR count). The van der Waals surface area contributed by atoms with Crippen LogP contribution in [-0.4, -0.2) is 47.4 Å². The lowest BCUT2D eigenvalue weighted by atomic mass is 10.0. The van der Waals surface area contributed by atoms with E-state index in [1.165, 1.54) is 199 Å². The Morgan fingerprint density at radius 2 is 0.783 bits per heavy atom. The summed E-state index contributed by atoms with van der Waals surface area (Å²) in [6.07, 6.45) is 57.6. The second-order valence-corrected chi connectivity index (χ2v) is 18.6. The van der Waals surface area contributed by atoms with Gasteiger partial charge in [0.25, 0.3) is 0 Å². The van der Waals surface area contributed by atoms with E-state index in [0.29, 0.717) is 25.9 Å². The Morgan fingerprint density at radius 1 is 0.450 bits per heavy atom. The molecule has 0 aromatic rings. The van der Waals surface area contributed by atoms with Crippen LogP contribution in [0.5, 0.6) is 0 Å². The van der Waals surface area contributed by atoms with E-state index in [1.54, 1.807) is 0 Å². The highest BCUT2D eigenvalue weighted by Crippen LogP contribution is 2.17. The first-order valence-corrected chi connectivity index (χ1v) is 26.9. The molecule has 0 aromatic heterocycles. The standard InChI is InChI=1S/C54H105NO5/c1-3-5-7-9-11-13-15-17-24-28-32-36-40-44-48-54(59)60-49-45-41-37-33-29-25-21-19-18-20-23-27-31-35-39-43-47-53(58)55-51(50-56)52(57)46-42-38-34-30-26-22-16-14-12-10-8-6-4-2/h18,20,51-52,56-57H,3-17,19,21-50H2,1-2H3,(H,55,58)/b20-18-. The van der Waals surface area contributed by atoms with Gasteiger partial charge in [-0.05, 0) is 51.4 Å². The Morgan fingerprint density at radius 3 is 1.18 bits per heavy atom. The molecule has 0 aliphatic heterocycles. The van der Waals surface area contributed by atoms with E-state index in [2.05, 4.69) is 31.3 Å². The zero-order valence-corrected chi connectivity index (χ0v) is 40.5. The van der Waals surface area contributed by atoms with Crippen molar-refractivity contribution in [2.24, 2.45) is 0 Å². The summed E-state index contributed by atoms with van der Waals surface area (Å²) in [4.78, 5) is 24.5. The molecule has 0 heterocycles. The molecule has 0 radical (unpaired) electrons. The van der Waals surface area contributed by atoms with Gasteiger partial charge in [-0.25, -0.2) is 0 Å². The maximum atomic E-state index is 12.4. The van der Waals surface area contributed by atoms with E-state index in [0.717, 1.165) is 64.2 Å². The Hall–Kier alpha value is -1.40. The molecule has 0 aliphatic carbocycles. The molecule has 0 saturated heterocycles. The molecule has 0 aliphatic rings. The third kappa shape index (κ3) is 46.1. The molecule has 0 aromatic carbocycles. The van der Waals surface area contributed by atoms with Crippen LogP contribution in [0.3, 0.4) is 0 Å². The zero-order valence-electron chi connectivity index (χ0n) is 40.5. The summed E-state index contributed by atoms with van der Waals surface area (Å²) < 4.78 is 5.46. The largest absolute Gasteiger partial charge is 0.466 e. The van der Waals surface area contributed by atoms with Crippen molar-refractivity contribution in [3.8, 4) is 0 Å². The number of hydrogen-bond donors (Lipinski definition) is 3. The lowest BCUT2D eigenvalue weighted by Crippen LogP contribution is -2.45. The number of amides is 1. The highest BCUT2D eigenvalue weighted by molar-refractivity contribution is 5.76. The van der Waals surface area contributed by atoms with Gasteiger partial charge in [0.2, 0.25) is 5.91 Å². The second-order valence-electron chi connectivity index (χ2n) is 18.6. The number of ether oxygens (including phenoxy) is 1. The summed E-state index contributed by atoms with van der Waals surface area (Å²) in [7, 11) is 0. The van der Waals surface area contributed by atoms with Crippen LogP contribution in [0.2, 0.25) is 0 Å². The number of rotatable bonds is 50. The smallest absolute Gasteiger partial charge is 0.305 e. The fourth-order valence-electron chi connectivity index (χ4n) is 8.40. The number of unbranched alkanes of at least 4 members (excludes halogenated alkanes) is 37. The van der Waals surface area contributed by atoms with Crippen LogP contribution >= 0.6 is 0 Å². The number of nitrogens with one attached hydrogen (secondary N) is 1. The van der Waals surface area contributed by atoms with Crippen LogP contribution < -0.4 is 5.32 Å². The van der Waals surface area contributed by atoms with Crippen LogP contribution in [0, 0.1) is 0 Å². The van der Waals surface area contributed by atoms with Crippen molar-refractivity contribution in [3.05, 3.63) is 12.2 Å². The van der Waals surface area contributed by atoms with Crippen molar-refractivity contribution in [2.45, 2.75) is 309 Å². The zero-order chi connectivity index (χ0) is 43.7. The monoisotopic (exact) mass is 848 g/mol. The number of carbonyl (C=O) groups excluding carboxylic acids is 2. The van der Waals surface area contributed by atoms with Gasteiger partial charge in [-0.1, -0.05) is 244 Å². The average Bonchev–Trinajstić information content (AvgIpc) is 3.25. The van der Waals surface area contributed by atoms with Gasteiger partial charge >= 0.3 is 5.97 Å². The molecular formula is C54H105NO5. The molecule has 2 unspecified atom stereocenters. The first-order valence-electron chi connectivity index (χ1n) is 26.9. The van der Waals surface area contributed by atoms with Crippen molar-refractivity contribution in [3.63, 3.8) is 0 Å². The molecule has 0 bridgehead atoms. The van der Waals surface area contributed by atoms with E-state index < -0.39 is 12.1 Å². The average molecular weight is 848 g/mol. The van der Waals surface area contributed by atoms with Gasteiger partial charge in [-0.2, -0.15) is 0 Å². The summed E-state index contributed by atoms with van der Waals surface area (Å²) in [6.45, 7) is 4.94. The predicted octanol–water partition coefficient (Wildman–Crippen LogP) is 16.1. The Bertz CT molecular complexity index is 893. The molecule has 0 spiro atoms.